The normalized spacial score (nSPS) is 11.0. The van der Waals surface area contributed by atoms with Gasteiger partial charge in [0.15, 0.2) is 6.61 Å². The lowest BCUT2D eigenvalue weighted by Gasteiger charge is -2.08. The number of carbonyl (C=O) groups excluding carboxylic acids is 2. The summed E-state index contributed by atoms with van der Waals surface area (Å²) in [6.45, 7) is -0.565. The summed E-state index contributed by atoms with van der Waals surface area (Å²) in [7, 11) is -4.00. The van der Waals surface area contributed by atoms with Crippen molar-refractivity contribution in [3.05, 3.63) is 57.5 Å². The lowest BCUT2D eigenvalue weighted by Crippen LogP contribution is -2.21. The lowest BCUT2D eigenvalue weighted by atomic mass is 10.2. The molecule has 0 saturated heterocycles. The fraction of sp³-hybridized carbons (Fsp3) is 0.0667. The first-order valence-corrected chi connectivity index (χ1v) is 9.43. The summed E-state index contributed by atoms with van der Waals surface area (Å²) < 4.78 is 28.4. The maximum Gasteiger partial charge on any atom is 0.340 e. The maximum atomic E-state index is 12.0. The van der Waals surface area contributed by atoms with Gasteiger partial charge in [-0.2, -0.15) is 0 Å². The largest absolute Gasteiger partial charge is 0.452 e. The molecule has 0 heterocycles. The smallest absolute Gasteiger partial charge is 0.340 e. The highest BCUT2D eigenvalue weighted by Crippen LogP contribution is 2.21. The molecular weight excluding hydrogens is 436 g/mol. The molecule has 0 aromatic heterocycles. The average Bonchev–Trinajstić information content (AvgIpc) is 2.54. The number of rotatable bonds is 5. The van der Waals surface area contributed by atoms with Crippen LogP contribution < -0.4 is 10.5 Å². The molecule has 0 radical (unpaired) electrons. The van der Waals surface area contributed by atoms with Crippen molar-refractivity contribution in [2.75, 3.05) is 11.9 Å². The molecule has 0 unspecified atom stereocenters. The monoisotopic (exact) mass is 446 g/mol. The fourth-order valence-corrected chi connectivity index (χ4v) is 2.78. The number of halogens is 2. The number of esters is 1. The SMILES string of the molecule is NS(=O)(=O)c1ccc(Cl)c(C(=O)OCC(=O)Nc2ccc(Br)cc2)c1. The van der Waals surface area contributed by atoms with Crippen LogP contribution in [0.4, 0.5) is 5.69 Å². The number of primary sulfonamides is 1. The Balaban J connectivity index is 2.02. The number of nitrogens with two attached hydrogens (primary N) is 1. The van der Waals surface area contributed by atoms with Crippen molar-refractivity contribution in [1.82, 2.24) is 0 Å². The molecule has 2 aromatic carbocycles. The molecular formula is C15H12BrClN2O5S. The fourth-order valence-electron chi connectivity index (χ4n) is 1.78. The van der Waals surface area contributed by atoms with E-state index in [4.69, 9.17) is 21.5 Å². The third kappa shape index (κ3) is 5.53. The van der Waals surface area contributed by atoms with Crippen LogP contribution in [-0.4, -0.2) is 26.9 Å². The van der Waals surface area contributed by atoms with Gasteiger partial charge in [-0.05, 0) is 42.5 Å². The van der Waals surface area contributed by atoms with E-state index in [-0.39, 0.29) is 15.5 Å². The van der Waals surface area contributed by atoms with Crippen LogP contribution in [0.3, 0.4) is 0 Å². The van der Waals surface area contributed by atoms with Crippen molar-refractivity contribution in [2.45, 2.75) is 4.90 Å². The molecule has 3 N–H and O–H groups in total. The number of amides is 1. The lowest BCUT2D eigenvalue weighted by molar-refractivity contribution is -0.119. The van der Waals surface area contributed by atoms with Crippen molar-refractivity contribution >= 4 is 55.1 Å². The molecule has 10 heteroatoms. The summed E-state index contributed by atoms with van der Waals surface area (Å²) in [6, 6.07) is 10.2. The van der Waals surface area contributed by atoms with Crippen LogP contribution >= 0.6 is 27.5 Å². The van der Waals surface area contributed by atoms with Gasteiger partial charge in [0.2, 0.25) is 10.0 Å². The number of carbonyl (C=O) groups is 2. The van der Waals surface area contributed by atoms with Crippen LogP contribution in [0, 0.1) is 0 Å². The van der Waals surface area contributed by atoms with Gasteiger partial charge in [-0.3, -0.25) is 4.79 Å². The van der Waals surface area contributed by atoms with E-state index in [0.29, 0.717) is 5.69 Å². The van der Waals surface area contributed by atoms with Gasteiger partial charge in [-0.15, -0.1) is 0 Å². The second-order valence-electron chi connectivity index (χ2n) is 4.82. The van der Waals surface area contributed by atoms with E-state index in [1.165, 1.54) is 6.07 Å². The van der Waals surface area contributed by atoms with Crippen LogP contribution in [0.15, 0.2) is 51.8 Å². The number of hydrogen-bond donors (Lipinski definition) is 2. The van der Waals surface area contributed by atoms with Crippen LogP contribution in [-0.2, 0) is 19.6 Å². The number of nitrogens with one attached hydrogen (secondary N) is 1. The molecule has 0 atom stereocenters. The standard InChI is InChI=1S/C15H12BrClN2O5S/c16-9-1-3-10(4-2-9)19-14(20)8-24-15(21)12-7-11(25(18,22)23)5-6-13(12)17/h1-7H,8H2,(H,19,20)(H2,18,22,23). The summed E-state index contributed by atoms with van der Waals surface area (Å²) in [4.78, 5) is 23.5. The molecule has 0 aliphatic carbocycles. The zero-order chi connectivity index (χ0) is 18.6. The second-order valence-corrected chi connectivity index (χ2v) is 7.70. The topological polar surface area (TPSA) is 116 Å². The molecule has 25 heavy (non-hydrogen) atoms. The van der Waals surface area contributed by atoms with Crippen LogP contribution in [0.2, 0.25) is 5.02 Å². The molecule has 0 bridgehead atoms. The van der Waals surface area contributed by atoms with Gasteiger partial charge in [-0.1, -0.05) is 27.5 Å². The molecule has 0 fully saturated rings. The first-order chi connectivity index (χ1) is 11.7. The van der Waals surface area contributed by atoms with Crippen LogP contribution in [0.1, 0.15) is 10.4 Å². The zero-order valence-corrected chi connectivity index (χ0v) is 15.7. The minimum Gasteiger partial charge on any atom is -0.452 e. The van der Waals surface area contributed by atoms with E-state index >= 15 is 0 Å². The Kier molecular flexibility index (Phi) is 6.17. The predicted molar refractivity (Wildman–Crippen MR) is 95.9 cm³/mol. The van der Waals surface area contributed by atoms with E-state index in [1.807, 2.05) is 0 Å². The van der Waals surface area contributed by atoms with Crippen molar-refractivity contribution in [3.8, 4) is 0 Å². The van der Waals surface area contributed by atoms with E-state index < -0.39 is 28.5 Å². The van der Waals surface area contributed by atoms with Crippen molar-refractivity contribution in [1.29, 1.82) is 0 Å². The Hall–Kier alpha value is -1.94. The predicted octanol–water partition coefficient (Wildman–Crippen LogP) is 2.55. The Labute approximate surface area is 157 Å². The number of anilines is 1. The molecule has 0 aliphatic heterocycles. The van der Waals surface area contributed by atoms with E-state index in [0.717, 1.165) is 16.6 Å². The zero-order valence-electron chi connectivity index (χ0n) is 12.5. The molecule has 1 amide bonds. The summed E-state index contributed by atoms with van der Waals surface area (Å²) in [5.74, 6) is -1.50. The molecule has 132 valence electrons. The quantitative estimate of drug-likeness (QED) is 0.683. The summed E-state index contributed by atoms with van der Waals surface area (Å²) in [5, 5.41) is 7.52. The number of benzene rings is 2. The first-order valence-electron chi connectivity index (χ1n) is 6.72. The number of hydrogen-bond acceptors (Lipinski definition) is 5. The van der Waals surface area contributed by atoms with Gasteiger partial charge in [0.05, 0.1) is 15.5 Å². The molecule has 0 spiro atoms. The molecule has 0 saturated carbocycles. The molecule has 7 nitrogen and oxygen atoms in total. The Morgan fingerprint density at radius 3 is 2.40 bits per heavy atom. The van der Waals surface area contributed by atoms with E-state index in [9.17, 15) is 18.0 Å². The highest BCUT2D eigenvalue weighted by Gasteiger charge is 2.18. The van der Waals surface area contributed by atoms with Gasteiger partial charge >= 0.3 is 5.97 Å². The van der Waals surface area contributed by atoms with Gasteiger partial charge in [0, 0.05) is 10.2 Å². The summed E-state index contributed by atoms with van der Waals surface area (Å²) in [5.41, 5.74) is 0.322. The first kappa shape index (κ1) is 19.4. The van der Waals surface area contributed by atoms with Gasteiger partial charge in [0.25, 0.3) is 5.91 Å². The van der Waals surface area contributed by atoms with Crippen molar-refractivity contribution in [2.24, 2.45) is 5.14 Å². The van der Waals surface area contributed by atoms with E-state index in [2.05, 4.69) is 21.2 Å². The Morgan fingerprint density at radius 1 is 1.16 bits per heavy atom. The molecule has 0 aliphatic rings. The molecule has 2 aromatic rings. The van der Waals surface area contributed by atoms with Crippen molar-refractivity contribution < 1.29 is 22.7 Å². The van der Waals surface area contributed by atoms with E-state index in [1.54, 1.807) is 24.3 Å². The Bertz CT molecular complexity index is 916. The van der Waals surface area contributed by atoms with Crippen molar-refractivity contribution in [3.63, 3.8) is 0 Å². The maximum absolute atomic E-state index is 12.0. The minimum absolute atomic E-state index is 0.0225. The average molecular weight is 448 g/mol. The Morgan fingerprint density at radius 2 is 1.80 bits per heavy atom. The van der Waals surface area contributed by atoms with Crippen LogP contribution in [0.5, 0.6) is 0 Å². The number of ether oxygens (including phenoxy) is 1. The van der Waals surface area contributed by atoms with Crippen LogP contribution in [0.25, 0.3) is 0 Å². The second kappa shape index (κ2) is 7.96. The number of sulfonamides is 1. The van der Waals surface area contributed by atoms with Gasteiger partial charge in [0.1, 0.15) is 0 Å². The van der Waals surface area contributed by atoms with Gasteiger partial charge < -0.3 is 10.1 Å². The highest BCUT2D eigenvalue weighted by atomic mass is 79.9. The molecule has 2 rings (SSSR count). The third-order valence-electron chi connectivity index (χ3n) is 2.95. The minimum atomic E-state index is -4.00. The van der Waals surface area contributed by atoms with Gasteiger partial charge in [-0.25, -0.2) is 18.4 Å². The highest BCUT2D eigenvalue weighted by molar-refractivity contribution is 9.10. The summed E-state index contributed by atoms with van der Waals surface area (Å²) in [6.07, 6.45) is 0. The third-order valence-corrected chi connectivity index (χ3v) is 4.72. The summed E-state index contributed by atoms with van der Waals surface area (Å²) >= 11 is 9.13.